The number of H-pyrrole nitrogens is 1. The Kier molecular flexibility index (Phi) is 2.67. The van der Waals surface area contributed by atoms with Gasteiger partial charge in [-0.25, -0.2) is 9.59 Å². The van der Waals surface area contributed by atoms with Crippen molar-refractivity contribution in [2.45, 2.75) is 6.04 Å². The summed E-state index contributed by atoms with van der Waals surface area (Å²) >= 11 is 0. The summed E-state index contributed by atoms with van der Waals surface area (Å²) in [6, 6.07) is 8.06. The number of anilines is 1. The Hall–Kier alpha value is -2.83. The number of nitrogens with zero attached hydrogens (tertiary/aromatic N) is 1. The largest absolute Gasteiger partial charge is 0.329 e. The van der Waals surface area contributed by atoms with Crippen LogP contribution in [-0.2, 0) is 7.05 Å². The Bertz CT molecular complexity index is 791. The van der Waals surface area contributed by atoms with Crippen LogP contribution in [0.2, 0.25) is 0 Å². The van der Waals surface area contributed by atoms with Crippen LogP contribution in [0.25, 0.3) is 0 Å². The van der Waals surface area contributed by atoms with E-state index >= 15 is 0 Å². The summed E-state index contributed by atoms with van der Waals surface area (Å²) in [5, 5.41) is 5.19. The van der Waals surface area contributed by atoms with E-state index in [2.05, 4.69) is 15.6 Å². The molecule has 1 unspecified atom stereocenters. The van der Waals surface area contributed by atoms with Crippen LogP contribution in [0.4, 0.5) is 10.6 Å². The van der Waals surface area contributed by atoms with Crippen molar-refractivity contribution in [2.75, 3.05) is 5.32 Å². The minimum atomic E-state index is -0.588. The first-order valence-corrected chi connectivity index (χ1v) is 6.03. The molecule has 1 aromatic carbocycles. The first-order valence-electron chi connectivity index (χ1n) is 6.03. The molecule has 0 radical (unpaired) electrons. The number of hydrogen-bond donors (Lipinski definition) is 3. The Morgan fingerprint density at radius 3 is 2.50 bits per heavy atom. The van der Waals surface area contributed by atoms with Gasteiger partial charge in [-0.2, -0.15) is 0 Å². The van der Waals surface area contributed by atoms with Crippen LogP contribution in [0.5, 0.6) is 0 Å². The van der Waals surface area contributed by atoms with E-state index in [4.69, 9.17) is 0 Å². The summed E-state index contributed by atoms with van der Waals surface area (Å²) in [7, 11) is 1.49. The van der Waals surface area contributed by atoms with Gasteiger partial charge in [-0.3, -0.25) is 19.7 Å². The predicted molar refractivity (Wildman–Crippen MR) is 72.7 cm³/mol. The van der Waals surface area contributed by atoms with Gasteiger partial charge in [0.05, 0.1) is 11.6 Å². The smallest absolute Gasteiger partial charge is 0.327 e. The van der Waals surface area contributed by atoms with Crippen molar-refractivity contribution >= 4 is 11.8 Å². The molecule has 3 rings (SSSR count). The minimum Gasteiger partial charge on any atom is -0.327 e. The maximum absolute atomic E-state index is 12.1. The Balaban J connectivity index is 2.28. The second-order valence-electron chi connectivity index (χ2n) is 4.52. The quantitative estimate of drug-likeness (QED) is 0.696. The van der Waals surface area contributed by atoms with Crippen LogP contribution in [0.15, 0.2) is 39.9 Å². The fraction of sp³-hybridized carbons (Fsp3) is 0.154. The molecule has 0 fully saturated rings. The monoisotopic (exact) mass is 272 g/mol. The summed E-state index contributed by atoms with van der Waals surface area (Å²) in [4.78, 5) is 37.6. The summed E-state index contributed by atoms with van der Waals surface area (Å²) in [5.41, 5.74) is 0.0119. The second kappa shape index (κ2) is 4.37. The second-order valence-corrected chi connectivity index (χ2v) is 4.52. The van der Waals surface area contributed by atoms with Gasteiger partial charge in [0.15, 0.2) is 0 Å². The van der Waals surface area contributed by atoms with Crippen LogP contribution >= 0.6 is 0 Å². The molecule has 20 heavy (non-hydrogen) atoms. The van der Waals surface area contributed by atoms with E-state index < -0.39 is 23.3 Å². The third kappa shape index (κ3) is 1.80. The number of carbonyl (C=O) groups excluding carboxylic acids is 1. The number of amides is 2. The molecule has 7 heteroatoms. The first-order chi connectivity index (χ1) is 9.58. The Labute approximate surface area is 113 Å². The number of fused-ring (bicyclic) bond motifs is 1. The van der Waals surface area contributed by atoms with Crippen molar-refractivity contribution in [3.05, 3.63) is 62.3 Å². The van der Waals surface area contributed by atoms with E-state index in [0.29, 0.717) is 5.56 Å². The number of rotatable bonds is 1. The van der Waals surface area contributed by atoms with Gasteiger partial charge in [-0.1, -0.05) is 30.3 Å². The van der Waals surface area contributed by atoms with Crippen LogP contribution in [0, 0.1) is 0 Å². The number of nitrogens with one attached hydrogen (secondary N) is 3. The van der Waals surface area contributed by atoms with E-state index in [1.807, 2.05) is 30.3 Å². The van der Waals surface area contributed by atoms with Crippen molar-refractivity contribution in [1.82, 2.24) is 14.9 Å². The average molecular weight is 272 g/mol. The number of hydrogen-bond acceptors (Lipinski definition) is 3. The molecule has 102 valence electrons. The molecule has 2 amide bonds. The van der Waals surface area contributed by atoms with Gasteiger partial charge >= 0.3 is 11.7 Å². The number of urea groups is 1. The van der Waals surface area contributed by atoms with E-state index in [9.17, 15) is 14.4 Å². The maximum Gasteiger partial charge on any atom is 0.329 e. The molecule has 1 atom stereocenters. The predicted octanol–water partition coefficient (Wildman–Crippen LogP) is 0.298. The molecule has 2 heterocycles. The topological polar surface area (TPSA) is 96.0 Å². The molecule has 0 spiro atoms. The zero-order chi connectivity index (χ0) is 14.3. The van der Waals surface area contributed by atoms with Crippen molar-refractivity contribution in [2.24, 2.45) is 7.05 Å². The molecule has 0 saturated heterocycles. The van der Waals surface area contributed by atoms with Crippen molar-refractivity contribution in [1.29, 1.82) is 0 Å². The van der Waals surface area contributed by atoms with E-state index in [-0.39, 0.29) is 5.82 Å². The van der Waals surface area contributed by atoms with Gasteiger partial charge in [-0.15, -0.1) is 0 Å². The lowest BCUT2D eigenvalue weighted by Gasteiger charge is -2.27. The number of aromatic nitrogens is 2. The zero-order valence-corrected chi connectivity index (χ0v) is 10.6. The van der Waals surface area contributed by atoms with Gasteiger partial charge in [0.25, 0.3) is 5.56 Å². The lowest BCUT2D eigenvalue weighted by atomic mass is 9.99. The number of benzene rings is 1. The molecule has 7 nitrogen and oxygen atoms in total. The van der Waals surface area contributed by atoms with Gasteiger partial charge in [-0.05, 0) is 5.56 Å². The van der Waals surface area contributed by atoms with Crippen LogP contribution in [0.3, 0.4) is 0 Å². The van der Waals surface area contributed by atoms with Crippen LogP contribution in [0.1, 0.15) is 17.2 Å². The molecule has 3 N–H and O–H groups in total. The van der Waals surface area contributed by atoms with Gasteiger partial charge in [0.2, 0.25) is 0 Å². The van der Waals surface area contributed by atoms with Crippen molar-refractivity contribution < 1.29 is 4.79 Å². The fourth-order valence-corrected chi connectivity index (χ4v) is 2.30. The molecule has 1 aliphatic heterocycles. The van der Waals surface area contributed by atoms with E-state index in [1.54, 1.807) is 0 Å². The summed E-state index contributed by atoms with van der Waals surface area (Å²) in [5.74, 6) is 0.219. The lowest BCUT2D eigenvalue weighted by molar-refractivity contribution is 0.248. The average Bonchev–Trinajstić information content (AvgIpc) is 2.45. The highest BCUT2D eigenvalue weighted by Crippen LogP contribution is 2.27. The highest BCUT2D eigenvalue weighted by Gasteiger charge is 2.30. The van der Waals surface area contributed by atoms with Crippen molar-refractivity contribution in [3.8, 4) is 0 Å². The highest BCUT2D eigenvalue weighted by molar-refractivity contribution is 5.92. The van der Waals surface area contributed by atoms with Crippen LogP contribution in [-0.4, -0.2) is 15.6 Å². The molecule has 2 aromatic rings. The third-order valence-electron chi connectivity index (χ3n) is 3.29. The van der Waals surface area contributed by atoms with Gasteiger partial charge in [0, 0.05) is 7.05 Å². The molecular weight excluding hydrogens is 260 g/mol. The molecular formula is C13H12N4O3. The van der Waals surface area contributed by atoms with Gasteiger partial charge < -0.3 is 5.32 Å². The molecule has 0 bridgehead atoms. The number of aromatic amines is 1. The zero-order valence-electron chi connectivity index (χ0n) is 10.6. The molecule has 0 aliphatic carbocycles. The van der Waals surface area contributed by atoms with E-state index in [1.165, 1.54) is 11.6 Å². The molecule has 0 saturated carbocycles. The van der Waals surface area contributed by atoms with Crippen molar-refractivity contribution in [3.63, 3.8) is 0 Å². The normalized spacial score (nSPS) is 17.1. The first kappa shape index (κ1) is 12.2. The highest BCUT2D eigenvalue weighted by atomic mass is 16.2. The Morgan fingerprint density at radius 1 is 1.10 bits per heavy atom. The molecule has 1 aliphatic rings. The number of carbonyl (C=O) groups is 1. The lowest BCUT2D eigenvalue weighted by Crippen LogP contribution is -2.46. The molecule has 1 aromatic heterocycles. The van der Waals surface area contributed by atoms with Crippen LogP contribution < -0.4 is 21.9 Å². The third-order valence-corrected chi connectivity index (χ3v) is 3.29. The fourth-order valence-electron chi connectivity index (χ4n) is 2.30. The van der Waals surface area contributed by atoms with E-state index in [0.717, 1.165) is 5.56 Å². The standard InChI is InChI=1S/C13H12N4O3/c1-17-10-8(11(18)16-13(17)20)9(14-12(19)15-10)7-5-3-2-4-6-7/h2-6,9H,1H3,(H2,14,15,19)(H,16,18,20). The summed E-state index contributed by atoms with van der Waals surface area (Å²) in [6.07, 6.45) is 0. The SMILES string of the molecule is Cn1c2c(c(=O)[nH]c1=O)C(c1ccccc1)NC(=O)N2. The summed E-state index contributed by atoms with van der Waals surface area (Å²) in [6.45, 7) is 0. The minimum absolute atomic E-state index is 0.219. The van der Waals surface area contributed by atoms with Gasteiger partial charge in [0.1, 0.15) is 5.82 Å². The summed E-state index contributed by atoms with van der Waals surface area (Å²) < 4.78 is 1.21. The Morgan fingerprint density at radius 2 is 1.80 bits per heavy atom. The maximum atomic E-state index is 12.1.